The second kappa shape index (κ2) is 7.44. The summed E-state index contributed by atoms with van der Waals surface area (Å²) >= 11 is 0. The number of likely N-dealkylation sites (N-methyl/N-ethyl adjacent to an activating group) is 1. The van der Waals surface area contributed by atoms with Gasteiger partial charge in [-0.05, 0) is 49.6 Å². The van der Waals surface area contributed by atoms with Crippen molar-refractivity contribution in [3.8, 4) is 0 Å². The number of allylic oxidation sites excluding steroid dienone is 2. The molecule has 108 valence electrons. The van der Waals surface area contributed by atoms with E-state index in [4.69, 9.17) is 0 Å². The first-order valence-corrected chi connectivity index (χ1v) is 7.85. The standard InChI is InChI=1S/C19H27N/c1-4-14-20(3)15-18-12-8-9-13-19(18)16(2)17-10-6-5-7-11-17/h5-7,10-13,16H,4,8-9,14-15H2,1-3H3. The van der Waals surface area contributed by atoms with Crippen molar-refractivity contribution in [2.75, 3.05) is 20.1 Å². The summed E-state index contributed by atoms with van der Waals surface area (Å²) in [4.78, 5) is 2.43. The summed E-state index contributed by atoms with van der Waals surface area (Å²) < 4.78 is 0. The van der Waals surface area contributed by atoms with E-state index in [9.17, 15) is 0 Å². The molecule has 0 heterocycles. The molecular weight excluding hydrogens is 242 g/mol. The highest BCUT2D eigenvalue weighted by molar-refractivity contribution is 5.43. The number of benzene rings is 1. The van der Waals surface area contributed by atoms with Crippen LogP contribution in [0.3, 0.4) is 0 Å². The molecule has 1 atom stereocenters. The Balaban J connectivity index is 2.12. The van der Waals surface area contributed by atoms with Gasteiger partial charge in [0.25, 0.3) is 0 Å². The minimum Gasteiger partial charge on any atom is -0.302 e. The third kappa shape index (κ3) is 3.83. The maximum Gasteiger partial charge on any atom is 0.0230 e. The van der Waals surface area contributed by atoms with Gasteiger partial charge in [-0.25, -0.2) is 0 Å². The van der Waals surface area contributed by atoms with Crippen molar-refractivity contribution in [1.82, 2.24) is 4.90 Å². The molecule has 0 saturated heterocycles. The molecule has 1 aromatic carbocycles. The van der Waals surface area contributed by atoms with Crippen LogP contribution in [-0.4, -0.2) is 25.0 Å². The molecule has 1 aliphatic carbocycles. The second-order valence-corrected chi connectivity index (χ2v) is 5.84. The molecule has 1 heteroatoms. The first-order chi connectivity index (χ1) is 9.72. The molecule has 2 rings (SSSR count). The largest absolute Gasteiger partial charge is 0.302 e. The van der Waals surface area contributed by atoms with E-state index in [1.54, 1.807) is 0 Å². The Labute approximate surface area is 124 Å². The Hall–Kier alpha value is -1.34. The second-order valence-electron chi connectivity index (χ2n) is 5.84. The quantitative estimate of drug-likeness (QED) is 0.718. The zero-order chi connectivity index (χ0) is 14.4. The van der Waals surface area contributed by atoms with Crippen molar-refractivity contribution in [1.29, 1.82) is 0 Å². The number of nitrogens with zero attached hydrogens (tertiary/aromatic N) is 1. The fraction of sp³-hybridized carbons (Fsp3) is 0.474. The van der Waals surface area contributed by atoms with E-state index in [2.05, 4.69) is 68.3 Å². The molecule has 1 aromatic rings. The average Bonchev–Trinajstić information content (AvgIpc) is 2.48. The van der Waals surface area contributed by atoms with Gasteiger partial charge in [0, 0.05) is 12.5 Å². The third-order valence-corrected chi connectivity index (χ3v) is 4.10. The molecule has 20 heavy (non-hydrogen) atoms. The van der Waals surface area contributed by atoms with E-state index in [-0.39, 0.29) is 0 Å². The minimum absolute atomic E-state index is 0.498. The van der Waals surface area contributed by atoms with Gasteiger partial charge in [-0.3, -0.25) is 0 Å². The average molecular weight is 269 g/mol. The van der Waals surface area contributed by atoms with Crippen LogP contribution in [0.15, 0.2) is 53.6 Å². The van der Waals surface area contributed by atoms with Gasteiger partial charge in [-0.15, -0.1) is 0 Å². The first kappa shape index (κ1) is 15.1. The van der Waals surface area contributed by atoms with Crippen LogP contribution in [0.1, 0.15) is 44.6 Å². The van der Waals surface area contributed by atoms with Gasteiger partial charge in [-0.1, -0.05) is 56.3 Å². The Bertz CT molecular complexity index is 470. The lowest BCUT2D eigenvalue weighted by Gasteiger charge is -2.26. The van der Waals surface area contributed by atoms with Gasteiger partial charge in [0.1, 0.15) is 0 Å². The van der Waals surface area contributed by atoms with Gasteiger partial charge < -0.3 is 4.90 Å². The maximum absolute atomic E-state index is 2.45. The van der Waals surface area contributed by atoms with Crippen molar-refractivity contribution >= 4 is 0 Å². The molecule has 0 spiro atoms. The summed E-state index contributed by atoms with van der Waals surface area (Å²) in [6.07, 6.45) is 8.50. The molecule has 0 saturated carbocycles. The third-order valence-electron chi connectivity index (χ3n) is 4.10. The molecular formula is C19H27N. The summed E-state index contributed by atoms with van der Waals surface area (Å²) in [5.74, 6) is 0.498. The fourth-order valence-electron chi connectivity index (χ4n) is 3.03. The van der Waals surface area contributed by atoms with E-state index >= 15 is 0 Å². The molecule has 1 unspecified atom stereocenters. The van der Waals surface area contributed by atoms with E-state index < -0.39 is 0 Å². The van der Waals surface area contributed by atoms with Crippen molar-refractivity contribution in [3.05, 3.63) is 59.2 Å². The van der Waals surface area contributed by atoms with Crippen molar-refractivity contribution < 1.29 is 0 Å². The SMILES string of the molecule is CCCN(C)CC1=CCCC=C1C(C)c1ccccc1. The Morgan fingerprint density at radius 2 is 1.80 bits per heavy atom. The van der Waals surface area contributed by atoms with Crippen LogP contribution in [-0.2, 0) is 0 Å². The molecule has 1 aliphatic rings. The zero-order valence-corrected chi connectivity index (χ0v) is 13.1. The Morgan fingerprint density at radius 1 is 1.10 bits per heavy atom. The first-order valence-electron chi connectivity index (χ1n) is 7.85. The Morgan fingerprint density at radius 3 is 2.50 bits per heavy atom. The highest BCUT2D eigenvalue weighted by atomic mass is 15.1. The lowest BCUT2D eigenvalue weighted by molar-refractivity contribution is 0.362. The zero-order valence-electron chi connectivity index (χ0n) is 13.1. The molecule has 0 fully saturated rings. The number of hydrogen-bond acceptors (Lipinski definition) is 1. The van der Waals surface area contributed by atoms with Crippen LogP contribution in [0.5, 0.6) is 0 Å². The van der Waals surface area contributed by atoms with Crippen LogP contribution in [0, 0.1) is 0 Å². The monoisotopic (exact) mass is 269 g/mol. The summed E-state index contributed by atoms with van der Waals surface area (Å²) in [5.41, 5.74) is 4.48. The molecule has 0 aromatic heterocycles. The highest BCUT2D eigenvalue weighted by Crippen LogP contribution is 2.32. The van der Waals surface area contributed by atoms with E-state index in [0.717, 1.165) is 6.54 Å². The highest BCUT2D eigenvalue weighted by Gasteiger charge is 2.18. The minimum atomic E-state index is 0.498. The lowest BCUT2D eigenvalue weighted by Crippen LogP contribution is -2.24. The smallest absolute Gasteiger partial charge is 0.0230 e. The molecule has 0 radical (unpaired) electrons. The summed E-state index contributed by atoms with van der Waals surface area (Å²) in [6.45, 7) is 6.83. The van der Waals surface area contributed by atoms with Gasteiger partial charge in [-0.2, -0.15) is 0 Å². The molecule has 0 bridgehead atoms. The molecule has 0 aliphatic heterocycles. The van der Waals surface area contributed by atoms with Gasteiger partial charge in [0.15, 0.2) is 0 Å². The normalized spacial score (nSPS) is 16.8. The summed E-state index contributed by atoms with van der Waals surface area (Å²) in [7, 11) is 2.23. The summed E-state index contributed by atoms with van der Waals surface area (Å²) in [6, 6.07) is 10.9. The van der Waals surface area contributed by atoms with E-state index in [0.29, 0.717) is 5.92 Å². The van der Waals surface area contributed by atoms with Crippen molar-refractivity contribution in [2.24, 2.45) is 0 Å². The van der Waals surface area contributed by atoms with Crippen LogP contribution in [0.25, 0.3) is 0 Å². The van der Waals surface area contributed by atoms with Crippen molar-refractivity contribution in [3.63, 3.8) is 0 Å². The molecule has 1 nitrogen and oxygen atoms in total. The van der Waals surface area contributed by atoms with E-state index in [1.807, 2.05) is 0 Å². The van der Waals surface area contributed by atoms with E-state index in [1.165, 1.54) is 42.5 Å². The molecule has 0 N–H and O–H groups in total. The Kier molecular flexibility index (Phi) is 5.60. The summed E-state index contributed by atoms with van der Waals surface area (Å²) in [5, 5.41) is 0. The maximum atomic E-state index is 2.45. The fourth-order valence-corrected chi connectivity index (χ4v) is 3.03. The van der Waals surface area contributed by atoms with Gasteiger partial charge in [0.2, 0.25) is 0 Å². The topological polar surface area (TPSA) is 3.24 Å². The predicted molar refractivity (Wildman–Crippen MR) is 88.0 cm³/mol. The van der Waals surface area contributed by atoms with Crippen LogP contribution in [0.4, 0.5) is 0 Å². The van der Waals surface area contributed by atoms with Gasteiger partial charge in [0.05, 0.1) is 0 Å². The lowest BCUT2D eigenvalue weighted by atomic mass is 9.84. The van der Waals surface area contributed by atoms with Crippen LogP contribution in [0.2, 0.25) is 0 Å². The number of hydrogen-bond donors (Lipinski definition) is 0. The van der Waals surface area contributed by atoms with Crippen LogP contribution >= 0.6 is 0 Å². The number of rotatable bonds is 6. The molecule has 0 amide bonds. The van der Waals surface area contributed by atoms with Crippen molar-refractivity contribution in [2.45, 2.75) is 39.0 Å². The van der Waals surface area contributed by atoms with Gasteiger partial charge >= 0.3 is 0 Å². The predicted octanol–water partition coefficient (Wildman–Crippen LogP) is 4.78. The van der Waals surface area contributed by atoms with Crippen LogP contribution < -0.4 is 0 Å².